The molecule has 1 N–H and O–H groups in total. The summed E-state index contributed by atoms with van der Waals surface area (Å²) in [6.45, 7) is 2.81. The number of hydrogen-bond donors (Lipinski definition) is 1. The normalized spacial score (nSPS) is 10.4. The average Bonchev–Trinajstić information content (AvgIpc) is 2.86. The topological polar surface area (TPSA) is 60.7 Å². The van der Waals surface area contributed by atoms with E-state index in [-0.39, 0.29) is 5.97 Å². The van der Waals surface area contributed by atoms with Crippen LogP contribution in [0.25, 0.3) is 0 Å². The third-order valence-electron chi connectivity index (χ3n) is 3.08. The Morgan fingerprint density at radius 3 is 2.81 bits per heavy atom. The summed E-state index contributed by atoms with van der Waals surface area (Å²) in [7, 11) is 3.02. The van der Waals surface area contributed by atoms with Crippen LogP contribution in [-0.4, -0.2) is 20.2 Å². The smallest absolute Gasteiger partial charge is 0.341 e. The van der Waals surface area contributed by atoms with Crippen molar-refractivity contribution < 1.29 is 18.7 Å². The molecule has 2 rings (SSSR count). The zero-order chi connectivity index (χ0) is 15.2. The van der Waals surface area contributed by atoms with Gasteiger partial charge in [-0.2, -0.15) is 0 Å². The first-order chi connectivity index (χ1) is 10.1. The zero-order valence-electron chi connectivity index (χ0n) is 12.4. The molecule has 5 nitrogen and oxygen atoms in total. The van der Waals surface area contributed by atoms with Gasteiger partial charge in [-0.15, -0.1) is 0 Å². The minimum Gasteiger partial charge on any atom is -0.465 e. The fourth-order valence-electron chi connectivity index (χ4n) is 2.07. The first kappa shape index (κ1) is 15.1. The van der Waals surface area contributed by atoms with Gasteiger partial charge >= 0.3 is 5.97 Å². The van der Waals surface area contributed by atoms with E-state index in [1.165, 1.54) is 7.11 Å². The highest BCUT2D eigenvalue weighted by Crippen LogP contribution is 2.18. The van der Waals surface area contributed by atoms with Crippen molar-refractivity contribution in [3.8, 4) is 0 Å². The molecule has 0 aliphatic carbocycles. The van der Waals surface area contributed by atoms with Gasteiger partial charge in [0.2, 0.25) is 0 Å². The molecule has 5 heteroatoms. The van der Waals surface area contributed by atoms with E-state index in [2.05, 4.69) is 5.32 Å². The number of anilines is 1. The summed E-state index contributed by atoms with van der Waals surface area (Å²) in [4.78, 5) is 11.5. The third-order valence-corrected chi connectivity index (χ3v) is 3.08. The van der Waals surface area contributed by atoms with E-state index in [4.69, 9.17) is 13.9 Å². The molecule has 1 aromatic heterocycles. The van der Waals surface area contributed by atoms with Crippen LogP contribution in [0.1, 0.15) is 27.4 Å². The summed E-state index contributed by atoms with van der Waals surface area (Å²) in [6, 6.07) is 9.65. The highest BCUT2D eigenvalue weighted by molar-refractivity contribution is 5.90. The van der Waals surface area contributed by atoms with Crippen LogP contribution in [0.15, 0.2) is 34.7 Å². The van der Waals surface area contributed by atoms with Gasteiger partial charge in [0.05, 0.1) is 20.3 Å². The minimum atomic E-state index is -0.385. The fourth-order valence-corrected chi connectivity index (χ4v) is 2.07. The molecular weight excluding hydrogens is 270 g/mol. The monoisotopic (exact) mass is 289 g/mol. The molecule has 0 spiro atoms. The summed E-state index contributed by atoms with van der Waals surface area (Å²) < 4.78 is 15.4. The third kappa shape index (κ3) is 3.86. The molecule has 0 bridgehead atoms. The van der Waals surface area contributed by atoms with E-state index in [0.29, 0.717) is 30.2 Å². The largest absolute Gasteiger partial charge is 0.465 e. The summed E-state index contributed by atoms with van der Waals surface area (Å²) in [5.41, 5.74) is 2.52. The lowest BCUT2D eigenvalue weighted by atomic mass is 10.2. The van der Waals surface area contributed by atoms with Crippen molar-refractivity contribution in [2.45, 2.75) is 20.1 Å². The van der Waals surface area contributed by atoms with Gasteiger partial charge in [0.15, 0.2) is 0 Å². The number of rotatable bonds is 6. The summed E-state index contributed by atoms with van der Waals surface area (Å²) in [5, 5.41) is 3.26. The molecule has 1 aromatic carbocycles. The Hall–Kier alpha value is -2.27. The minimum absolute atomic E-state index is 0.385. The molecule has 0 radical (unpaired) electrons. The van der Waals surface area contributed by atoms with E-state index in [1.54, 1.807) is 20.1 Å². The van der Waals surface area contributed by atoms with Gasteiger partial charge in [0.1, 0.15) is 17.1 Å². The zero-order valence-corrected chi connectivity index (χ0v) is 12.4. The van der Waals surface area contributed by atoms with Crippen molar-refractivity contribution in [3.05, 3.63) is 53.0 Å². The molecule has 0 fully saturated rings. The molecule has 0 unspecified atom stereocenters. The molecule has 0 saturated carbocycles. The van der Waals surface area contributed by atoms with Gasteiger partial charge in [0.25, 0.3) is 0 Å². The van der Waals surface area contributed by atoms with E-state index in [0.717, 1.165) is 11.3 Å². The Bertz CT molecular complexity index is 618. The van der Waals surface area contributed by atoms with Crippen molar-refractivity contribution in [2.24, 2.45) is 0 Å². The Kier molecular flexibility index (Phi) is 5.00. The van der Waals surface area contributed by atoms with E-state index in [9.17, 15) is 4.79 Å². The van der Waals surface area contributed by atoms with Gasteiger partial charge in [-0.1, -0.05) is 12.1 Å². The van der Waals surface area contributed by atoms with Crippen LogP contribution in [0.3, 0.4) is 0 Å². The number of ether oxygens (including phenoxy) is 2. The molecule has 112 valence electrons. The van der Waals surface area contributed by atoms with Crippen LogP contribution in [0.2, 0.25) is 0 Å². The molecule has 0 atom stereocenters. The predicted molar refractivity (Wildman–Crippen MR) is 79.3 cm³/mol. The standard InChI is InChI=1S/C16H19NO4/c1-11-15(16(18)20-3)8-14(21-11)9-17-13-6-4-5-12(7-13)10-19-2/h4-8,17H,9-10H2,1-3H3. The van der Waals surface area contributed by atoms with Crippen molar-refractivity contribution in [1.29, 1.82) is 0 Å². The Morgan fingerprint density at radius 1 is 1.29 bits per heavy atom. The van der Waals surface area contributed by atoms with Gasteiger partial charge in [-0.05, 0) is 30.7 Å². The number of nitrogens with one attached hydrogen (secondary N) is 1. The number of hydrogen-bond acceptors (Lipinski definition) is 5. The highest BCUT2D eigenvalue weighted by Gasteiger charge is 2.14. The van der Waals surface area contributed by atoms with Crippen molar-refractivity contribution in [1.82, 2.24) is 0 Å². The number of aryl methyl sites for hydroxylation is 1. The van der Waals surface area contributed by atoms with Crippen molar-refractivity contribution >= 4 is 11.7 Å². The Labute approximate surface area is 123 Å². The highest BCUT2D eigenvalue weighted by atomic mass is 16.5. The fraction of sp³-hybridized carbons (Fsp3) is 0.312. The van der Waals surface area contributed by atoms with Crippen LogP contribution in [0.4, 0.5) is 5.69 Å². The van der Waals surface area contributed by atoms with E-state index in [1.807, 2.05) is 24.3 Å². The summed E-state index contributed by atoms with van der Waals surface area (Å²) in [5.74, 6) is 0.862. The van der Waals surface area contributed by atoms with E-state index >= 15 is 0 Å². The lowest BCUT2D eigenvalue weighted by Crippen LogP contribution is -2.01. The Morgan fingerprint density at radius 2 is 2.10 bits per heavy atom. The van der Waals surface area contributed by atoms with Gasteiger partial charge in [-0.3, -0.25) is 0 Å². The average molecular weight is 289 g/mol. The molecular formula is C16H19NO4. The first-order valence-electron chi connectivity index (χ1n) is 6.63. The number of carbonyl (C=O) groups is 1. The van der Waals surface area contributed by atoms with Crippen LogP contribution < -0.4 is 5.32 Å². The maximum absolute atomic E-state index is 11.5. The van der Waals surface area contributed by atoms with Crippen LogP contribution >= 0.6 is 0 Å². The lowest BCUT2D eigenvalue weighted by Gasteiger charge is -2.06. The lowest BCUT2D eigenvalue weighted by molar-refractivity contribution is 0.0599. The maximum Gasteiger partial charge on any atom is 0.341 e. The summed E-state index contributed by atoms with van der Waals surface area (Å²) in [6.07, 6.45) is 0. The molecule has 21 heavy (non-hydrogen) atoms. The Balaban J connectivity index is 2.03. The molecule has 0 aliphatic rings. The second kappa shape index (κ2) is 6.95. The van der Waals surface area contributed by atoms with E-state index < -0.39 is 0 Å². The predicted octanol–water partition coefficient (Wildman–Crippen LogP) is 3.13. The molecule has 1 heterocycles. The quantitative estimate of drug-likeness (QED) is 0.828. The van der Waals surface area contributed by atoms with Crippen LogP contribution in [0, 0.1) is 6.92 Å². The molecule has 2 aromatic rings. The van der Waals surface area contributed by atoms with Crippen molar-refractivity contribution in [3.63, 3.8) is 0 Å². The number of benzene rings is 1. The SMILES string of the molecule is COCc1cccc(NCc2cc(C(=O)OC)c(C)o2)c1. The van der Waals surface area contributed by atoms with Gasteiger partial charge in [0, 0.05) is 12.8 Å². The summed E-state index contributed by atoms with van der Waals surface area (Å²) >= 11 is 0. The van der Waals surface area contributed by atoms with Gasteiger partial charge in [-0.25, -0.2) is 4.79 Å². The second-order valence-electron chi connectivity index (χ2n) is 4.66. The number of methoxy groups -OCH3 is 2. The van der Waals surface area contributed by atoms with Crippen molar-refractivity contribution in [2.75, 3.05) is 19.5 Å². The first-order valence-corrected chi connectivity index (χ1v) is 6.63. The number of carbonyl (C=O) groups excluding carboxylic acids is 1. The molecule has 0 aliphatic heterocycles. The number of furan rings is 1. The molecule has 0 saturated heterocycles. The maximum atomic E-state index is 11.5. The molecule has 0 amide bonds. The second-order valence-corrected chi connectivity index (χ2v) is 4.66. The van der Waals surface area contributed by atoms with Gasteiger partial charge < -0.3 is 19.2 Å². The number of esters is 1. The van der Waals surface area contributed by atoms with Crippen LogP contribution in [-0.2, 0) is 22.6 Å². The van der Waals surface area contributed by atoms with Crippen LogP contribution in [0.5, 0.6) is 0 Å².